The first kappa shape index (κ1) is 98.7. The molecule has 0 saturated carbocycles. The third-order valence-electron chi connectivity index (χ3n) is 15.9. The molecular formula is C51H68FI2N9O5S37. The standard InChI is InChI=1S/C19H23N3O2.C17H22IN3O2.C9H16N2O.C5H3FIN.CH4.S37/c1-4-14-5-6-16(20-7-14)22-12-18(2)10-21(15-8-24-9-15)11-19(3,13-22)17(18)23;1-16-8-20(13-6-23-7-13)9-17(2,15(16)22)11-21(10-16)14-4-3-12(18)5-19-14;1-8-3-10-5-9(2,7(8)12)6-11-4-8;6-5-2-1-4(7)3-8-5;;1-3-5-7-9-11-13-15-17-19-21-23-25-27-29-31-33-35-37-36-34-32-30-28-26-24-22-20-18-16-14-12-10-8-6-4-2/h1,5-7,15H,8-13H2,2-3H3;3-5,13H,6-11H2,1-2H3;10-11H,3-6H2,1-2H3;1-3H;1H4;. The van der Waals surface area contributed by atoms with Gasteiger partial charge in [0.2, 0.25) is 5.95 Å². The number of carbonyl (C=O) groups excluding carboxylic acids is 3. The van der Waals surface area contributed by atoms with E-state index in [0.29, 0.717) is 42.5 Å². The Balaban J connectivity index is 0.000000220. The average molecular weight is 2350 g/mol. The second-order valence-corrected chi connectivity index (χ2v) is 88.4. The van der Waals surface area contributed by atoms with Crippen molar-refractivity contribution in [1.29, 1.82) is 0 Å². The quantitative estimate of drug-likeness (QED) is 0.202. The minimum Gasteiger partial charge on any atom is -0.378 e. The number of piperidine rings is 6. The Morgan fingerprint density at radius 1 is 0.419 bits per heavy atom. The molecule has 0 radical (unpaired) electrons. The van der Waals surface area contributed by atoms with E-state index in [1.165, 1.54) is 30.0 Å². The Kier molecular flexibility index (Phi) is 50.3. The molecule has 14 nitrogen and oxygen atoms in total. The van der Waals surface area contributed by atoms with E-state index in [2.05, 4.69) is 136 Å². The van der Waals surface area contributed by atoms with Gasteiger partial charge in [0, 0.05) is 443 Å². The Morgan fingerprint density at radius 2 is 0.686 bits per heavy atom. The molecule has 54 heteroatoms. The number of nitrogens with one attached hydrogen (secondary N) is 2. The normalized spacial score (nSPS) is 24.3. The van der Waals surface area contributed by atoms with E-state index in [-0.39, 0.29) is 39.9 Å². The highest BCUT2D eigenvalue weighted by molar-refractivity contribution is 14.1. The number of carbonyl (C=O) groups is 3. The molecule has 0 amide bonds. The predicted octanol–water partition coefficient (Wildman–Crippen LogP) is 5.13. The van der Waals surface area contributed by atoms with Crippen molar-refractivity contribution in [2.45, 2.75) is 61.1 Å². The maximum absolute atomic E-state index is 13.1. The largest absolute Gasteiger partial charge is 0.378 e. The molecule has 8 saturated heterocycles. The lowest BCUT2D eigenvalue weighted by molar-refractivity contribution is -0.158. The monoisotopic (exact) mass is 2340 g/mol. The van der Waals surface area contributed by atoms with Crippen LogP contribution in [-0.4, -0.2) is 159 Å². The van der Waals surface area contributed by atoms with Crippen LogP contribution in [0.1, 0.15) is 54.5 Å². The smallest absolute Gasteiger partial charge is 0.212 e. The molecule has 0 aliphatic carbocycles. The fraction of sp³-hybridized carbons (Fsp3) is 0.608. The summed E-state index contributed by atoms with van der Waals surface area (Å²) in [7, 11) is 61.9. The summed E-state index contributed by atoms with van der Waals surface area (Å²) in [6.07, 6.45) is 10.5. The summed E-state index contributed by atoms with van der Waals surface area (Å²) in [5, 5.41) is 6.67. The summed E-state index contributed by atoms with van der Waals surface area (Å²) in [6, 6.07) is 12.0. The first-order valence-corrected chi connectivity index (χ1v) is 79.4. The van der Waals surface area contributed by atoms with Crippen molar-refractivity contribution in [3.05, 3.63) is 73.6 Å². The number of aromatic nitrogens is 3. The Labute approximate surface area is 751 Å². The van der Waals surface area contributed by atoms with Crippen LogP contribution in [0.3, 0.4) is 0 Å². The van der Waals surface area contributed by atoms with E-state index in [9.17, 15) is 18.8 Å². The maximum atomic E-state index is 13.1. The van der Waals surface area contributed by atoms with Gasteiger partial charge in [-0.25, -0.2) is 15.0 Å². The molecule has 8 fully saturated rings. The van der Waals surface area contributed by atoms with Crippen LogP contribution in [0.4, 0.5) is 16.0 Å². The number of rotatable bonds is 4. The second-order valence-electron chi connectivity index (χ2n) is 24.0. The van der Waals surface area contributed by atoms with Gasteiger partial charge in [-0.2, -0.15) is 4.39 Å². The molecule has 105 heavy (non-hydrogen) atoms. The number of fused-ring (bicyclic) bond motifs is 6. The van der Waals surface area contributed by atoms with Crippen molar-refractivity contribution in [3.8, 4) is 12.3 Å². The van der Waals surface area contributed by atoms with Crippen molar-refractivity contribution in [2.75, 3.05) is 115 Å². The number of nitrogens with zero attached hydrogens (tertiary/aromatic N) is 7. The van der Waals surface area contributed by atoms with E-state index >= 15 is 0 Å². The Hall–Kier alpha value is 4.91. The number of Topliss-reactive ketones (excluding diaryl/α,β-unsaturated/α-hetero) is 3. The molecular weight excluding hydrogens is 2280 g/mol. The highest BCUT2D eigenvalue weighted by Gasteiger charge is 2.59. The number of likely N-dealkylation sites (tertiary alicyclic amines) is 2. The van der Waals surface area contributed by atoms with Gasteiger partial charge in [0.15, 0.2) is 11.6 Å². The number of ether oxygens (including phenoxy) is 2. The summed E-state index contributed by atoms with van der Waals surface area (Å²) in [6.45, 7) is 25.2. The number of terminal acetylenes is 1. The van der Waals surface area contributed by atoms with Gasteiger partial charge >= 0.3 is 0 Å². The van der Waals surface area contributed by atoms with Crippen LogP contribution in [0.5, 0.6) is 0 Å². The minimum atomic E-state index is -0.426. The number of anilines is 2. The zero-order valence-corrected chi connectivity index (χ0v) is 89.2. The van der Waals surface area contributed by atoms with Crippen LogP contribution >= 0.6 is 45.2 Å². The molecule has 0 aromatic carbocycles. The average Bonchev–Trinajstić information content (AvgIpc) is 0.777. The zero-order chi connectivity index (χ0) is 74.7. The van der Waals surface area contributed by atoms with Gasteiger partial charge < -0.3 is 29.9 Å². The number of hydrogen-bond acceptors (Lipinski definition) is 16. The lowest BCUT2D eigenvalue weighted by atomic mass is 9.64. The second kappa shape index (κ2) is 53.5. The van der Waals surface area contributed by atoms with Gasteiger partial charge in [0.25, 0.3) is 0 Å². The van der Waals surface area contributed by atoms with Crippen LogP contribution in [0.15, 0.2) is 55.0 Å². The highest BCUT2D eigenvalue weighted by Crippen LogP contribution is 2.46. The third kappa shape index (κ3) is 34.2. The van der Waals surface area contributed by atoms with Gasteiger partial charge in [-0.1, -0.05) is 27.2 Å². The van der Waals surface area contributed by atoms with Crippen LogP contribution in [0.2, 0.25) is 0 Å². The third-order valence-corrected chi connectivity index (χ3v) is 92.7. The minimum absolute atomic E-state index is 0. The number of halogens is 3. The topological polar surface area (TPSA) is 145 Å². The van der Waals surface area contributed by atoms with E-state index in [0.717, 1.165) is 116 Å². The zero-order valence-electron chi connectivity index (χ0n) is 54.7. The fourth-order valence-corrected chi connectivity index (χ4v) is 103. The molecule has 3 aromatic rings. The molecule has 8 aliphatic heterocycles. The van der Waals surface area contributed by atoms with E-state index in [4.69, 9.17) is 38.3 Å². The summed E-state index contributed by atoms with van der Waals surface area (Å²) in [5.41, 5.74) is -0.936. The van der Waals surface area contributed by atoms with Gasteiger partial charge in [-0.05, 0) is 109 Å². The van der Waals surface area contributed by atoms with E-state index in [1.54, 1.807) is 119 Å². The summed E-state index contributed by atoms with van der Waals surface area (Å²) in [4.78, 5) is 60.1. The number of hydrogen-bond donors (Lipinski definition) is 2. The molecule has 4 atom stereocenters. The summed E-state index contributed by atoms with van der Waals surface area (Å²) >= 11 is 13.9. The van der Waals surface area contributed by atoms with Gasteiger partial charge in [-0.15, -0.1) is 6.42 Å². The summed E-state index contributed by atoms with van der Waals surface area (Å²) in [5.74, 6) is 5.30. The molecule has 6 bridgehead atoms. The Bertz CT molecular complexity index is 5200. The lowest BCUT2D eigenvalue weighted by Gasteiger charge is -2.57. The molecule has 11 rings (SSSR count). The SMILES string of the molecule is C.C#Cc1ccc(N2CC3(C)CN(C4COC4)CC(C)(C2)C3=O)nc1.CC12CN(c3ccc(I)cn3)CC(C)(CN(C3COC3)C1)C2=O.CC12CNCC(C)(CNC1)C2=O.Fc1ccc(I)cn1.S=S=S=S=S=S=S=S=S=S=S=S=S=S=S=S=S=S=S=S=S=S=S=S=S=S=S=S=S=S=S=S=S=S=S=S=S. The molecule has 8 aliphatic rings. The van der Waals surface area contributed by atoms with Crippen LogP contribution in [0, 0.1) is 57.9 Å². The lowest BCUT2D eigenvalue weighted by Crippen LogP contribution is -2.71. The van der Waals surface area contributed by atoms with Crippen molar-refractivity contribution >= 4 is 407 Å². The van der Waals surface area contributed by atoms with Crippen molar-refractivity contribution in [1.82, 2.24) is 35.4 Å². The molecule has 0 spiro atoms. The van der Waals surface area contributed by atoms with Gasteiger partial charge in [0.1, 0.15) is 17.4 Å². The Morgan fingerprint density at radius 3 is 0.895 bits per heavy atom. The van der Waals surface area contributed by atoms with Crippen LogP contribution in [-0.2, 0) is 357 Å². The number of pyridine rings is 3. The first-order chi connectivity index (χ1) is 50.1. The van der Waals surface area contributed by atoms with Crippen molar-refractivity contribution < 1.29 is 28.2 Å². The molecule has 590 valence electrons. The first-order valence-electron chi connectivity index (χ1n) is 29.2. The molecule has 3 aromatic heterocycles. The van der Waals surface area contributed by atoms with Crippen LogP contribution < -0.4 is 20.4 Å². The maximum Gasteiger partial charge on any atom is 0.212 e. The van der Waals surface area contributed by atoms with Crippen molar-refractivity contribution in [2.24, 2.45) is 32.5 Å². The van der Waals surface area contributed by atoms with Crippen molar-refractivity contribution in [3.63, 3.8) is 0 Å². The van der Waals surface area contributed by atoms with Gasteiger partial charge in [0.05, 0.1) is 71.0 Å². The highest BCUT2D eigenvalue weighted by atomic mass is 127. The van der Waals surface area contributed by atoms with Crippen LogP contribution in [0.25, 0.3) is 0 Å². The van der Waals surface area contributed by atoms with E-state index < -0.39 is 5.95 Å². The van der Waals surface area contributed by atoms with Gasteiger partial charge in [-0.3, -0.25) is 24.2 Å². The van der Waals surface area contributed by atoms with E-state index in [1.807, 2.05) is 219 Å². The molecule has 2 N–H and O–H groups in total. The molecule has 11 heterocycles. The number of ketones is 3. The molecule has 4 unspecified atom stereocenters. The summed E-state index contributed by atoms with van der Waals surface area (Å²) < 4.78 is 24.8. The fourth-order valence-electron chi connectivity index (χ4n) is 12.0. The predicted molar refractivity (Wildman–Crippen MR) is 551 cm³/mol.